The zero-order chi connectivity index (χ0) is 29.1. The van der Waals surface area contributed by atoms with Gasteiger partial charge in [-0.1, -0.05) is 36.4 Å². The smallest absolute Gasteiger partial charge is 0.309 e. The number of amides is 1. The molecule has 10 heteroatoms. The van der Waals surface area contributed by atoms with Crippen LogP contribution in [0.3, 0.4) is 0 Å². The lowest BCUT2D eigenvalue weighted by atomic mass is 9.82. The fourth-order valence-electron chi connectivity index (χ4n) is 5.08. The molecule has 2 aromatic heterocycles. The number of aromatic nitrogens is 2. The van der Waals surface area contributed by atoms with Gasteiger partial charge in [0.25, 0.3) is 12.3 Å². The maximum Gasteiger partial charge on any atom is 0.309 e. The zero-order valence-electron chi connectivity index (χ0n) is 22.8. The topological polar surface area (TPSA) is 101 Å². The van der Waals surface area contributed by atoms with E-state index < -0.39 is 23.6 Å². The number of pyridine rings is 1. The Morgan fingerprint density at radius 2 is 1.78 bits per heavy atom. The number of aliphatic hydroxyl groups is 1. The Morgan fingerprint density at radius 1 is 1.05 bits per heavy atom. The third-order valence-electron chi connectivity index (χ3n) is 7.31. The SMILES string of the molecule is CC(C)(O)c1cc2nc(C3CCC(C(=O)OCc4ccccc4)CC3)sc2cc1NC(=O)c1cccc(C(F)F)n1. The summed E-state index contributed by atoms with van der Waals surface area (Å²) in [5, 5.41) is 14.5. The molecule has 2 aromatic carbocycles. The van der Waals surface area contributed by atoms with Crippen LogP contribution >= 0.6 is 11.3 Å². The van der Waals surface area contributed by atoms with E-state index in [-0.39, 0.29) is 30.1 Å². The molecule has 1 aliphatic rings. The summed E-state index contributed by atoms with van der Waals surface area (Å²) in [6.07, 6.45) is 0.249. The van der Waals surface area contributed by atoms with Crippen LogP contribution in [0.2, 0.25) is 0 Å². The molecular formula is C31H31F2N3O4S. The van der Waals surface area contributed by atoms with Crippen molar-refractivity contribution in [2.45, 2.75) is 64.1 Å². The third-order valence-corrected chi connectivity index (χ3v) is 8.49. The maximum absolute atomic E-state index is 13.1. The molecule has 1 aliphatic carbocycles. The molecule has 41 heavy (non-hydrogen) atoms. The normalized spacial score (nSPS) is 17.5. The molecule has 7 nitrogen and oxygen atoms in total. The average molecular weight is 580 g/mol. The van der Waals surface area contributed by atoms with Gasteiger partial charge in [0.1, 0.15) is 18.0 Å². The molecular weight excluding hydrogens is 548 g/mol. The summed E-state index contributed by atoms with van der Waals surface area (Å²) in [6.45, 7) is 3.48. The highest BCUT2D eigenvalue weighted by Gasteiger charge is 2.30. The number of alkyl halides is 2. The summed E-state index contributed by atoms with van der Waals surface area (Å²) in [7, 11) is 0. The van der Waals surface area contributed by atoms with E-state index in [1.165, 1.54) is 23.5 Å². The Hall–Kier alpha value is -3.76. The van der Waals surface area contributed by atoms with Crippen molar-refractivity contribution in [1.29, 1.82) is 0 Å². The Balaban J connectivity index is 1.30. The minimum absolute atomic E-state index is 0.134. The average Bonchev–Trinajstić information content (AvgIpc) is 3.39. The van der Waals surface area contributed by atoms with Crippen molar-refractivity contribution in [3.05, 3.63) is 88.2 Å². The highest BCUT2D eigenvalue weighted by atomic mass is 32.1. The highest BCUT2D eigenvalue weighted by Crippen LogP contribution is 2.41. The molecule has 0 radical (unpaired) electrons. The number of benzene rings is 2. The van der Waals surface area contributed by atoms with Gasteiger partial charge in [-0.05, 0) is 69.4 Å². The van der Waals surface area contributed by atoms with Crippen molar-refractivity contribution in [2.24, 2.45) is 5.92 Å². The maximum atomic E-state index is 13.1. The second-order valence-electron chi connectivity index (χ2n) is 10.8. The standard InChI is InChI=1S/C31H31F2N3O4S/c1-31(2,39)21-15-25-26(16-24(21)35-28(37)23-10-6-9-22(34-23)27(32)33)41-29(36-25)19-11-13-20(14-12-19)30(38)40-17-18-7-4-3-5-8-18/h3-10,15-16,19-20,27,39H,11-14,17H2,1-2H3,(H,35,37). The monoisotopic (exact) mass is 579 g/mol. The van der Waals surface area contributed by atoms with Crippen LogP contribution in [0.5, 0.6) is 0 Å². The molecule has 1 saturated carbocycles. The van der Waals surface area contributed by atoms with Gasteiger partial charge >= 0.3 is 5.97 Å². The van der Waals surface area contributed by atoms with Gasteiger partial charge in [0.15, 0.2) is 0 Å². The van der Waals surface area contributed by atoms with Crippen molar-refractivity contribution in [3.8, 4) is 0 Å². The molecule has 0 atom stereocenters. The first-order chi connectivity index (χ1) is 19.6. The van der Waals surface area contributed by atoms with Gasteiger partial charge in [-0.25, -0.2) is 18.7 Å². The Morgan fingerprint density at radius 3 is 2.46 bits per heavy atom. The van der Waals surface area contributed by atoms with E-state index in [2.05, 4.69) is 10.3 Å². The summed E-state index contributed by atoms with van der Waals surface area (Å²) >= 11 is 1.51. The van der Waals surface area contributed by atoms with Crippen LogP contribution in [0.1, 0.15) is 84.2 Å². The predicted molar refractivity (Wildman–Crippen MR) is 153 cm³/mol. The number of carbonyl (C=O) groups is 2. The largest absolute Gasteiger partial charge is 0.461 e. The van der Waals surface area contributed by atoms with E-state index in [4.69, 9.17) is 9.72 Å². The van der Waals surface area contributed by atoms with Crippen LogP contribution in [0.4, 0.5) is 14.5 Å². The van der Waals surface area contributed by atoms with E-state index in [1.807, 2.05) is 30.3 Å². The fraction of sp³-hybridized carbons (Fsp3) is 0.355. The van der Waals surface area contributed by atoms with Crippen molar-refractivity contribution in [2.75, 3.05) is 5.32 Å². The molecule has 0 spiro atoms. The number of carbonyl (C=O) groups excluding carboxylic acids is 2. The lowest BCUT2D eigenvalue weighted by molar-refractivity contribution is -0.151. The van der Waals surface area contributed by atoms with Crippen LogP contribution in [0.25, 0.3) is 10.2 Å². The number of halogens is 2. The van der Waals surface area contributed by atoms with E-state index in [1.54, 1.807) is 26.0 Å². The first-order valence-electron chi connectivity index (χ1n) is 13.5. The van der Waals surface area contributed by atoms with Crippen molar-refractivity contribution < 1.29 is 28.2 Å². The van der Waals surface area contributed by atoms with Gasteiger partial charge in [0, 0.05) is 17.2 Å². The summed E-state index contributed by atoms with van der Waals surface area (Å²) < 4.78 is 32.5. The third kappa shape index (κ3) is 6.77. The lowest BCUT2D eigenvalue weighted by Gasteiger charge is -2.25. The van der Waals surface area contributed by atoms with Crippen molar-refractivity contribution >= 4 is 39.1 Å². The van der Waals surface area contributed by atoms with Crippen molar-refractivity contribution in [1.82, 2.24) is 9.97 Å². The molecule has 0 bridgehead atoms. The number of hydrogen-bond donors (Lipinski definition) is 2. The molecule has 1 fully saturated rings. The number of nitrogens with zero attached hydrogens (tertiary/aromatic N) is 2. The molecule has 0 saturated heterocycles. The molecule has 0 aliphatic heterocycles. The van der Waals surface area contributed by atoms with Gasteiger partial charge in [0.05, 0.1) is 26.7 Å². The van der Waals surface area contributed by atoms with E-state index in [0.29, 0.717) is 16.8 Å². The second kappa shape index (κ2) is 12.0. The number of hydrogen-bond acceptors (Lipinski definition) is 7. The second-order valence-corrected chi connectivity index (χ2v) is 11.9. The minimum Gasteiger partial charge on any atom is -0.461 e. The lowest BCUT2D eigenvalue weighted by Crippen LogP contribution is -2.23. The van der Waals surface area contributed by atoms with Crippen LogP contribution in [0.15, 0.2) is 60.7 Å². The predicted octanol–water partition coefficient (Wildman–Crippen LogP) is 7.13. The van der Waals surface area contributed by atoms with Crippen LogP contribution < -0.4 is 5.32 Å². The van der Waals surface area contributed by atoms with Gasteiger partial charge < -0.3 is 15.2 Å². The van der Waals surface area contributed by atoms with Crippen LogP contribution in [0, 0.1) is 5.92 Å². The summed E-state index contributed by atoms with van der Waals surface area (Å²) in [5.41, 5.74) is 0.530. The quantitative estimate of drug-likeness (QED) is 0.216. The van der Waals surface area contributed by atoms with Crippen LogP contribution in [-0.4, -0.2) is 27.0 Å². The van der Waals surface area contributed by atoms with E-state index >= 15 is 0 Å². The molecule has 5 rings (SSSR count). The Bertz CT molecular complexity index is 1540. The Labute approximate surface area is 240 Å². The van der Waals surface area contributed by atoms with E-state index in [9.17, 15) is 23.5 Å². The van der Waals surface area contributed by atoms with Gasteiger partial charge in [-0.2, -0.15) is 0 Å². The summed E-state index contributed by atoms with van der Waals surface area (Å²) in [5.74, 6) is -0.763. The molecule has 2 N–H and O–H groups in total. The molecule has 1 amide bonds. The van der Waals surface area contributed by atoms with Crippen molar-refractivity contribution in [3.63, 3.8) is 0 Å². The van der Waals surface area contributed by atoms with Crippen LogP contribution in [-0.2, 0) is 21.7 Å². The molecule has 4 aromatic rings. The Kier molecular flexibility index (Phi) is 8.42. The van der Waals surface area contributed by atoms with Gasteiger partial charge in [-0.3, -0.25) is 9.59 Å². The molecule has 2 heterocycles. The minimum atomic E-state index is -2.79. The van der Waals surface area contributed by atoms with Gasteiger partial charge in [0.2, 0.25) is 0 Å². The number of rotatable bonds is 8. The number of thiazole rings is 1. The number of anilines is 1. The fourth-order valence-corrected chi connectivity index (χ4v) is 6.24. The number of nitrogens with one attached hydrogen (secondary N) is 1. The molecule has 214 valence electrons. The summed E-state index contributed by atoms with van der Waals surface area (Å²) in [4.78, 5) is 34.2. The summed E-state index contributed by atoms with van der Waals surface area (Å²) in [6, 6.07) is 17.0. The highest BCUT2D eigenvalue weighted by molar-refractivity contribution is 7.18. The number of ether oxygens (including phenoxy) is 1. The molecule has 0 unspecified atom stereocenters. The first-order valence-corrected chi connectivity index (χ1v) is 14.3. The zero-order valence-corrected chi connectivity index (χ0v) is 23.6. The first kappa shape index (κ1) is 28.8. The number of esters is 1. The van der Waals surface area contributed by atoms with E-state index in [0.717, 1.165) is 47.0 Å². The van der Waals surface area contributed by atoms with Gasteiger partial charge in [-0.15, -0.1) is 11.3 Å². The number of fused-ring (bicyclic) bond motifs is 1.